The normalized spacial score (nSPS) is 18.6. The van der Waals surface area contributed by atoms with Crippen molar-refractivity contribution in [2.24, 2.45) is 10.9 Å². The van der Waals surface area contributed by atoms with Crippen molar-refractivity contribution >= 4 is 38.8 Å². The standard InChI is InChI=1S/C46H37N3/c1-31-24-26-41-38(28-31)35-18-8-11-21-40(35)46(41,33-16-6-3-7-17-33)34-25-27-44-39(29-34)36-19-10-13-23-43(36)49(44)30-48-45(32-14-4-2-5-15-32)37-20-9-12-22-42(37)47/h2-27,29,31H,28,30,47H2,1H3. The van der Waals surface area contributed by atoms with E-state index in [4.69, 9.17) is 10.7 Å². The summed E-state index contributed by atoms with van der Waals surface area (Å²) in [6.07, 6.45) is 5.86. The van der Waals surface area contributed by atoms with Crippen LogP contribution in [0.25, 0.3) is 27.4 Å². The van der Waals surface area contributed by atoms with E-state index in [9.17, 15) is 0 Å². The molecule has 0 fully saturated rings. The van der Waals surface area contributed by atoms with Crippen molar-refractivity contribution in [3.05, 3.63) is 203 Å². The predicted octanol–water partition coefficient (Wildman–Crippen LogP) is 10.6. The van der Waals surface area contributed by atoms with Gasteiger partial charge in [0, 0.05) is 27.6 Å². The van der Waals surface area contributed by atoms with Crippen molar-refractivity contribution in [1.82, 2.24) is 4.57 Å². The molecule has 0 spiro atoms. The topological polar surface area (TPSA) is 43.3 Å². The molecule has 0 radical (unpaired) electrons. The second kappa shape index (κ2) is 11.6. The maximum absolute atomic E-state index is 6.52. The number of para-hydroxylation sites is 2. The van der Waals surface area contributed by atoms with Crippen LogP contribution >= 0.6 is 0 Å². The number of hydrogen-bond donors (Lipinski definition) is 1. The van der Waals surface area contributed by atoms with Gasteiger partial charge < -0.3 is 10.3 Å². The van der Waals surface area contributed by atoms with Crippen molar-refractivity contribution < 1.29 is 0 Å². The molecule has 6 aromatic carbocycles. The second-order valence-electron chi connectivity index (χ2n) is 13.4. The highest BCUT2D eigenvalue weighted by Gasteiger charge is 2.47. The molecule has 0 amide bonds. The molecule has 2 N–H and O–H groups in total. The summed E-state index contributed by atoms with van der Waals surface area (Å²) in [7, 11) is 0. The number of benzene rings is 6. The van der Waals surface area contributed by atoms with E-state index in [2.05, 4.69) is 151 Å². The van der Waals surface area contributed by atoms with Crippen molar-refractivity contribution in [3.8, 4) is 0 Å². The number of aromatic nitrogens is 1. The van der Waals surface area contributed by atoms with E-state index in [0.717, 1.165) is 28.9 Å². The van der Waals surface area contributed by atoms with E-state index in [0.29, 0.717) is 12.6 Å². The van der Waals surface area contributed by atoms with Gasteiger partial charge in [-0.15, -0.1) is 0 Å². The number of hydrogen-bond acceptors (Lipinski definition) is 2. The summed E-state index contributed by atoms with van der Waals surface area (Å²) < 4.78 is 2.35. The SMILES string of the molecule is CC1C=CC2=C(C1)c1ccccc1C2(c1ccccc1)c1ccc2c(c1)c1ccccc1n2CN=C(c1ccccc1)c1ccccc1N. The lowest BCUT2D eigenvalue weighted by molar-refractivity contribution is 0.718. The molecule has 0 saturated carbocycles. The zero-order valence-corrected chi connectivity index (χ0v) is 27.6. The molecule has 2 atom stereocenters. The van der Waals surface area contributed by atoms with Crippen LogP contribution in [0.1, 0.15) is 46.7 Å². The molecule has 0 aliphatic heterocycles. The van der Waals surface area contributed by atoms with Gasteiger partial charge in [-0.05, 0) is 70.0 Å². The van der Waals surface area contributed by atoms with E-state index in [-0.39, 0.29) is 0 Å². The molecule has 1 aromatic heterocycles. The minimum atomic E-state index is -0.412. The predicted molar refractivity (Wildman–Crippen MR) is 205 cm³/mol. The van der Waals surface area contributed by atoms with Crippen LogP contribution < -0.4 is 5.73 Å². The van der Waals surface area contributed by atoms with Crippen molar-refractivity contribution in [2.45, 2.75) is 25.4 Å². The van der Waals surface area contributed by atoms with Crippen molar-refractivity contribution in [1.29, 1.82) is 0 Å². The molecule has 49 heavy (non-hydrogen) atoms. The minimum absolute atomic E-state index is 0.412. The van der Waals surface area contributed by atoms with E-state index in [1.165, 1.54) is 55.2 Å². The average molecular weight is 632 g/mol. The largest absolute Gasteiger partial charge is 0.398 e. The summed E-state index contributed by atoms with van der Waals surface area (Å²) in [6.45, 7) is 2.79. The number of allylic oxidation sites excluding steroid dienone is 4. The Kier molecular flexibility index (Phi) is 6.94. The Morgan fingerprint density at radius 2 is 1.41 bits per heavy atom. The Morgan fingerprint density at radius 3 is 2.24 bits per heavy atom. The zero-order valence-electron chi connectivity index (χ0n) is 27.6. The van der Waals surface area contributed by atoms with Gasteiger partial charge in [0.2, 0.25) is 0 Å². The minimum Gasteiger partial charge on any atom is -0.398 e. The summed E-state index contributed by atoms with van der Waals surface area (Å²) in [5.74, 6) is 0.506. The molecular weight excluding hydrogens is 595 g/mol. The van der Waals surface area contributed by atoms with Gasteiger partial charge in [-0.1, -0.05) is 146 Å². The molecule has 1 heterocycles. The van der Waals surface area contributed by atoms with Crippen molar-refractivity contribution in [2.75, 3.05) is 5.73 Å². The van der Waals surface area contributed by atoms with Crippen molar-refractivity contribution in [3.63, 3.8) is 0 Å². The molecule has 2 aliphatic carbocycles. The lowest BCUT2D eigenvalue weighted by Gasteiger charge is -2.35. The van der Waals surface area contributed by atoms with Crippen LogP contribution in [0.15, 0.2) is 174 Å². The van der Waals surface area contributed by atoms with Gasteiger partial charge in [-0.2, -0.15) is 0 Å². The van der Waals surface area contributed by atoms with Gasteiger partial charge in [0.25, 0.3) is 0 Å². The summed E-state index contributed by atoms with van der Waals surface area (Å²) in [5.41, 5.74) is 20.2. The fraction of sp³-hybridized carbons (Fsp3) is 0.109. The van der Waals surface area contributed by atoms with E-state index < -0.39 is 5.41 Å². The van der Waals surface area contributed by atoms with Crippen LogP contribution in [-0.2, 0) is 12.1 Å². The molecule has 0 saturated heterocycles. The highest BCUT2D eigenvalue weighted by molar-refractivity contribution is 6.16. The zero-order chi connectivity index (χ0) is 33.0. The summed E-state index contributed by atoms with van der Waals surface area (Å²) >= 11 is 0. The summed E-state index contributed by atoms with van der Waals surface area (Å²) in [6, 6.07) is 54.4. The van der Waals surface area contributed by atoms with Gasteiger partial charge in [-0.25, -0.2) is 0 Å². The molecule has 3 nitrogen and oxygen atoms in total. The highest BCUT2D eigenvalue weighted by atomic mass is 15.1. The quantitative estimate of drug-likeness (QED) is 0.144. The number of nitrogens with two attached hydrogens (primary N) is 1. The first kappa shape index (κ1) is 29.2. The van der Waals surface area contributed by atoms with E-state index in [1.807, 2.05) is 24.3 Å². The van der Waals surface area contributed by atoms with Crippen LogP contribution in [0.4, 0.5) is 5.69 Å². The average Bonchev–Trinajstić information content (AvgIpc) is 3.63. The number of aliphatic imine (C=N–C) groups is 1. The highest BCUT2D eigenvalue weighted by Crippen LogP contribution is 2.57. The Hall–Kier alpha value is -5.93. The maximum atomic E-state index is 6.52. The monoisotopic (exact) mass is 631 g/mol. The number of nitrogen functional groups attached to an aromatic ring is 1. The first-order valence-electron chi connectivity index (χ1n) is 17.2. The van der Waals surface area contributed by atoms with E-state index in [1.54, 1.807) is 0 Å². The van der Waals surface area contributed by atoms with Crippen LogP contribution in [0, 0.1) is 5.92 Å². The van der Waals surface area contributed by atoms with Crippen LogP contribution in [0.2, 0.25) is 0 Å². The lowest BCUT2D eigenvalue weighted by Crippen LogP contribution is -2.29. The lowest BCUT2D eigenvalue weighted by atomic mass is 9.66. The Morgan fingerprint density at radius 1 is 0.714 bits per heavy atom. The third-order valence-electron chi connectivity index (χ3n) is 10.5. The second-order valence-corrected chi connectivity index (χ2v) is 13.4. The summed E-state index contributed by atoms with van der Waals surface area (Å²) in [5, 5.41) is 2.46. The molecule has 0 bridgehead atoms. The number of nitrogens with zero attached hydrogens (tertiary/aromatic N) is 2. The van der Waals surface area contributed by atoms with Crippen LogP contribution in [0.5, 0.6) is 0 Å². The van der Waals surface area contributed by atoms with Gasteiger partial charge in [0.15, 0.2) is 0 Å². The van der Waals surface area contributed by atoms with Crippen LogP contribution in [0.3, 0.4) is 0 Å². The molecule has 3 heteroatoms. The molecule has 7 aromatic rings. The fourth-order valence-electron chi connectivity index (χ4n) is 8.38. The third-order valence-corrected chi connectivity index (χ3v) is 10.5. The van der Waals surface area contributed by atoms with Gasteiger partial charge in [-0.3, -0.25) is 4.99 Å². The Labute approximate surface area is 287 Å². The molecular formula is C46H37N3. The first-order valence-corrected chi connectivity index (χ1v) is 17.2. The number of fused-ring (bicyclic) bond motifs is 5. The van der Waals surface area contributed by atoms with Gasteiger partial charge >= 0.3 is 0 Å². The molecule has 236 valence electrons. The molecule has 9 rings (SSSR count). The smallest absolute Gasteiger partial charge is 0.115 e. The van der Waals surface area contributed by atoms with E-state index >= 15 is 0 Å². The van der Waals surface area contributed by atoms with Gasteiger partial charge in [0.05, 0.1) is 22.2 Å². The fourth-order valence-corrected chi connectivity index (χ4v) is 8.38. The Bertz CT molecular complexity index is 2460. The Balaban J connectivity index is 1.27. The molecule has 2 aliphatic rings. The molecule has 2 unspecified atom stereocenters. The third kappa shape index (κ3) is 4.53. The maximum Gasteiger partial charge on any atom is 0.115 e. The first-order chi connectivity index (χ1) is 24.1. The van der Waals surface area contributed by atoms with Crippen LogP contribution in [-0.4, -0.2) is 10.3 Å². The summed E-state index contributed by atoms with van der Waals surface area (Å²) in [4.78, 5) is 5.30. The van der Waals surface area contributed by atoms with Gasteiger partial charge in [0.1, 0.15) is 6.67 Å². The number of anilines is 1. The number of rotatable bonds is 6.